The Labute approximate surface area is 130 Å². The maximum absolute atomic E-state index is 12.3. The number of likely N-dealkylation sites (tertiary alicyclic amines) is 1. The van der Waals surface area contributed by atoms with Gasteiger partial charge in [0.05, 0.1) is 12.2 Å². The molecule has 0 aliphatic carbocycles. The highest BCUT2D eigenvalue weighted by atomic mass is 16.5. The smallest absolute Gasteiger partial charge is 0.407 e. The van der Waals surface area contributed by atoms with E-state index in [0.717, 1.165) is 25.7 Å². The standard InChI is InChI=1S/C16H23N3O3/c1-2-3-11-22-16(21)18-14-6-9-19(10-7-14)15(20)13-5-4-8-17-12-13/h4-5,8,12,14H,2-3,6-7,9-11H2,1H3,(H,18,21). The molecule has 22 heavy (non-hydrogen) atoms. The highest BCUT2D eigenvalue weighted by molar-refractivity contribution is 5.93. The van der Waals surface area contributed by atoms with Gasteiger partial charge in [0.25, 0.3) is 5.91 Å². The zero-order valence-electron chi connectivity index (χ0n) is 13.0. The highest BCUT2D eigenvalue weighted by Crippen LogP contribution is 2.13. The Kier molecular flexibility index (Phi) is 6.18. The van der Waals surface area contributed by atoms with Crippen molar-refractivity contribution in [2.75, 3.05) is 19.7 Å². The van der Waals surface area contributed by atoms with Gasteiger partial charge in [-0.15, -0.1) is 0 Å². The van der Waals surface area contributed by atoms with Crippen LogP contribution in [0.25, 0.3) is 0 Å². The minimum Gasteiger partial charge on any atom is -0.450 e. The van der Waals surface area contributed by atoms with Crippen molar-refractivity contribution in [3.05, 3.63) is 30.1 Å². The molecule has 0 saturated carbocycles. The Hall–Kier alpha value is -2.11. The Morgan fingerprint density at radius 3 is 2.82 bits per heavy atom. The molecule has 6 nitrogen and oxygen atoms in total. The van der Waals surface area contributed by atoms with Crippen molar-refractivity contribution in [3.63, 3.8) is 0 Å². The van der Waals surface area contributed by atoms with Crippen LogP contribution in [0, 0.1) is 0 Å². The van der Waals surface area contributed by atoms with E-state index in [9.17, 15) is 9.59 Å². The number of ether oxygens (including phenoxy) is 1. The molecule has 120 valence electrons. The van der Waals surface area contributed by atoms with Crippen LogP contribution in [0.3, 0.4) is 0 Å². The number of nitrogens with zero attached hydrogens (tertiary/aromatic N) is 2. The number of nitrogens with one attached hydrogen (secondary N) is 1. The zero-order valence-corrected chi connectivity index (χ0v) is 13.0. The van der Waals surface area contributed by atoms with E-state index in [4.69, 9.17) is 4.74 Å². The molecule has 2 heterocycles. The van der Waals surface area contributed by atoms with E-state index in [0.29, 0.717) is 25.3 Å². The molecule has 1 aromatic rings. The number of aromatic nitrogens is 1. The van der Waals surface area contributed by atoms with Gasteiger partial charge in [-0.05, 0) is 31.4 Å². The summed E-state index contributed by atoms with van der Waals surface area (Å²) in [5, 5.41) is 2.87. The lowest BCUT2D eigenvalue weighted by atomic mass is 10.0. The number of hydrogen-bond acceptors (Lipinski definition) is 4. The van der Waals surface area contributed by atoms with Gasteiger partial charge in [0.15, 0.2) is 0 Å². The average molecular weight is 305 g/mol. The Bertz CT molecular complexity index is 485. The van der Waals surface area contributed by atoms with Gasteiger partial charge in [-0.2, -0.15) is 0 Å². The fourth-order valence-corrected chi connectivity index (χ4v) is 2.42. The number of rotatable bonds is 5. The van der Waals surface area contributed by atoms with Gasteiger partial charge in [0.1, 0.15) is 0 Å². The zero-order chi connectivity index (χ0) is 15.8. The van der Waals surface area contributed by atoms with Crippen LogP contribution < -0.4 is 5.32 Å². The van der Waals surface area contributed by atoms with E-state index in [-0.39, 0.29) is 18.0 Å². The highest BCUT2D eigenvalue weighted by Gasteiger charge is 2.24. The first kappa shape index (κ1) is 16.3. The van der Waals surface area contributed by atoms with E-state index in [1.807, 2.05) is 0 Å². The van der Waals surface area contributed by atoms with Crippen molar-refractivity contribution >= 4 is 12.0 Å². The second-order valence-electron chi connectivity index (χ2n) is 5.44. The van der Waals surface area contributed by atoms with Gasteiger partial charge in [-0.1, -0.05) is 13.3 Å². The Balaban J connectivity index is 1.74. The summed E-state index contributed by atoms with van der Waals surface area (Å²) in [6.07, 6.45) is 6.25. The summed E-state index contributed by atoms with van der Waals surface area (Å²) in [5.74, 6) is -0.00271. The van der Waals surface area contributed by atoms with Crippen LogP contribution in [0.15, 0.2) is 24.5 Å². The van der Waals surface area contributed by atoms with Crippen molar-refractivity contribution in [3.8, 4) is 0 Å². The average Bonchev–Trinajstić information content (AvgIpc) is 2.56. The molecule has 0 spiro atoms. The van der Waals surface area contributed by atoms with Gasteiger partial charge in [-0.3, -0.25) is 9.78 Å². The lowest BCUT2D eigenvalue weighted by molar-refractivity contribution is 0.0701. The number of hydrogen-bond donors (Lipinski definition) is 1. The van der Waals surface area contributed by atoms with Gasteiger partial charge in [0, 0.05) is 31.5 Å². The maximum Gasteiger partial charge on any atom is 0.407 e. The number of amides is 2. The first-order valence-electron chi connectivity index (χ1n) is 7.83. The van der Waals surface area contributed by atoms with E-state index in [1.54, 1.807) is 29.4 Å². The molecule has 1 fully saturated rings. The molecule has 0 atom stereocenters. The summed E-state index contributed by atoms with van der Waals surface area (Å²) in [5.41, 5.74) is 0.605. The van der Waals surface area contributed by atoms with E-state index >= 15 is 0 Å². The van der Waals surface area contributed by atoms with Crippen LogP contribution in [0.1, 0.15) is 43.0 Å². The molecular formula is C16H23N3O3. The van der Waals surface area contributed by atoms with Crippen molar-refractivity contribution < 1.29 is 14.3 Å². The van der Waals surface area contributed by atoms with Crippen LogP contribution in [-0.2, 0) is 4.74 Å². The molecule has 1 aromatic heterocycles. The molecule has 2 amide bonds. The van der Waals surface area contributed by atoms with Crippen molar-refractivity contribution in [2.24, 2.45) is 0 Å². The largest absolute Gasteiger partial charge is 0.450 e. The SMILES string of the molecule is CCCCOC(=O)NC1CCN(C(=O)c2cccnc2)CC1. The minimum atomic E-state index is -0.356. The number of carbonyl (C=O) groups is 2. The fraction of sp³-hybridized carbons (Fsp3) is 0.562. The summed E-state index contributed by atoms with van der Waals surface area (Å²) >= 11 is 0. The lowest BCUT2D eigenvalue weighted by Crippen LogP contribution is -2.46. The summed E-state index contributed by atoms with van der Waals surface area (Å²) in [6, 6.07) is 3.60. The first-order valence-corrected chi connectivity index (χ1v) is 7.83. The number of pyridine rings is 1. The molecule has 2 rings (SSSR count). The summed E-state index contributed by atoms with van der Waals surface area (Å²) in [7, 11) is 0. The third kappa shape index (κ3) is 4.72. The second kappa shape index (κ2) is 8.36. The van der Waals surface area contributed by atoms with E-state index in [1.165, 1.54) is 0 Å². The number of piperidine rings is 1. The van der Waals surface area contributed by atoms with Gasteiger partial charge in [-0.25, -0.2) is 4.79 Å². The van der Waals surface area contributed by atoms with Crippen molar-refractivity contribution in [2.45, 2.75) is 38.6 Å². The molecular weight excluding hydrogens is 282 g/mol. The summed E-state index contributed by atoms with van der Waals surface area (Å²) in [6.45, 7) is 3.78. The molecule has 0 bridgehead atoms. The van der Waals surface area contributed by atoms with Crippen LogP contribution in [0.5, 0.6) is 0 Å². The molecule has 1 aliphatic heterocycles. The van der Waals surface area contributed by atoms with Crippen LogP contribution in [0.2, 0.25) is 0 Å². The molecule has 0 unspecified atom stereocenters. The van der Waals surface area contributed by atoms with Crippen molar-refractivity contribution in [1.82, 2.24) is 15.2 Å². The van der Waals surface area contributed by atoms with E-state index < -0.39 is 0 Å². The second-order valence-corrected chi connectivity index (χ2v) is 5.44. The third-order valence-corrected chi connectivity index (χ3v) is 3.74. The van der Waals surface area contributed by atoms with Gasteiger partial charge in [0.2, 0.25) is 0 Å². The molecule has 6 heteroatoms. The lowest BCUT2D eigenvalue weighted by Gasteiger charge is -2.32. The molecule has 1 saturated heterocycles. The normalized spacial score (nSPS) is 15.4. The summed E-state index contributed by atoms with van der Waals surface area (Å²) in [4.78, 5) is 29.7. The number of alkyl carbamates (subject to hydrolysis) is 1. The molecule has 1 N–H and O–H groups in total. The molecule has 0 radical (unpaired) electrons. The van der Waals surface area contributed by atoms with Crippen LogP contribution in [0.4, 0.5) is 4.79 Å². The fourth-order valence-electron chi connectivity index (χ4n) is 2.42. The quantitative estimate of drug-likeness (QED) is 0.847. The van der Waals surface area contributed by atoms with E-state index in [2.05, 4.69) is 17.2 Å². The first-order chi connectivity index (χ1) is 10.7. The number of unbranched alkanes of at least 4 members (excludes halogenated alkanes) is 1. The van der Waals surface area contributed by atoms with Gasteiger partial charge < -0.3 is 15.0 Å². The topological polar surface area (TPSA) is 71.5 Å². The minimum absolute atomic E-state index is 0.00271. The molecule has 0 aromatic carbocycles. The van der Waals surface area contributed by atoms with Crippen LogP contribution >= 0.6 is 0 Å². The third-order valence-electron chi connectivity index (χ3n) is 3.74. The monoisotopic (exact) mass is 305 g/mol. The summed E-state index contributed by atoms with van der Waals surface area (Å²) < 4.78 is 5.09. The predicted molar refractivity (Wildman–Crippen MR) is 82.6 cm³/mol. The maximum atomic E-state index is 12.3. The molecule has 1 aliphatic rings. The van der Waals surface area contributed by atoms with Crippen molar-refractivity contribution in [1.29, 1.82) is 0 Å². The van der Waals surface area contributed by atoms with Gasteiger partial charge >= 0.3 is 6.09 Å². The predicted octanol–water partition coefficient (Wildman–Crippen LogP) is 2.21. The Morgan fingerprint density at radius 1 is 1.41 bits per heavy atom. The van der Waals surface area contributed by atoms with Crippen LogP contribution in [-0.4, -0.2) is 47.6 Å². The number of carbonyl (C=O) groups excluding carboxylic acids is 2. The Morgan fingerprint density at radius 2 is 2.18 bits per heavy atom.